The Labute approximate surface area is 113 Å². The predicted molar refractivity (Wildman–Crippen MR) is 73.6 cm³/mol. The summed E-state index contributed by atoms with van der Waals surface area (Å²) in [5.74, 6) is 0.434. The summed E-state index contributed by atoms with van der Waals surface area (Å²) in [6.45, 7) is 1.47. The molecule has 0 aromatic heterocycles. The van der Waals surface area contributed by atoms with Crippen LogP contribution in [0.1, 0.15) is 12.8 Å². The number of anilines is 1. The monoisotopic (exact) mass is 285 g/mol. The van der Waals surface area contributed by atoms with Crippen LogP contribution in [0.3, 0.4) is 0 Å². The highest BCUT2D eigenvalue weighted by Gasteiger charge is 2.21. The Kier molecular flexibility index (Phi) is 4.31. The molecule has 0 atom stereocenters. The highest BCUT2D eigenvalue weighted by molar-refractivity contribution is 7.91. The smallest absolute Gasteiger partial charge is 0.180 e. The van der Waals surface area contributed by atoms with E-state index >= 15 is 0 Å². The second-order valence-corrected chi connectivity index (χ2v) is 6.68. The fourth-order valence-corrected chi connectivity index (χ4v) is 3.35. The van der Waals surface area contributed by atoms with Crippen molar-refractivity contribution in [1.29, 1.82) is 0 Å². The van der Waals surface area contributed by atoms with E-state index in [2.05, 4.69) is 4.90 Å². The molecule has 1 aliphatic rings. The maximum atomic E-state index is 12.0. The first-order valence-electron chi connectivity index (χ1n) is 6.35. The quantitative estimate of drug-likeness (QED) is 0.876. The first kappa shape index (κ1) is 14.1. The van der Waals surface area contributed by atoms with Crippen LogP contribution in [0.25, 0.3) is 0 Å². The lowest BCUT2D eigenvalue weighted by Gasteiger charge is -2.21. The van der Waals surface area contributed by atoms with Gasteiger partial charge in [-0.25, -0.2) is 8.42 Å². The van der Waals surface area contributed by atoms with Crippen LogP contribution >= 0.6 is 0 Å². The maximum absolute atomic E-state index is 12.0. The van der Waals surface area contributed by atoms with Crippen LogP contribution < -0.4 is 9.64 Å². The third-order valence-electron chi connectivity index (χ3n) is 3.32. The summed E-state index contributed by atoms with van der Waals surface area (Å²) in [6.07, 6.45) is 2.22. The van der Waals surface area contributed by atoms with Crippen molar-refractivity contribution in [1.82, 2.24) is 0 Å². The molecule has 1 N–H and O–H groups in total. The average molecular weight is 285 g/mol. The molecule has 1 saturated heterocycles. The lowest BCUT2D eigenvalue weighted by atomic mass is 10.2. The summed E-state index contributed by atoms with van der Waals surface area (Å²) < 4.78 is 29.3. The van der Waals surface area contributed by atoms with E-state index in [0.717, 1.165) is 31.6 Å². The van der Waals surface area contributed by atoms with Crippen LogP contribution in [0.2, 0.25) is 0 Å². The summed E-state index contributed by atoms with van der Waals surface area (Å²) in [5.41, 5.74) is 0.819. The SMILES string of the molecule is COc1ccc(S(=O)(=O)CCO)cc1N1CCCC1. The Morgan fingerprint density at radius 1 is 1.32 bits per heavy atom. The number of nitrogens with zero attached hydrogens (tertiary/aromatic N) is 1. The number of methoxy groups -OCH3 is 1. The summed E-state index contributed by atoms with van der Waals surface area (Å²) in [7, 11) is -1.84. The zero-order valence-corrected chi connectivity index (χ0v) is 11.8. The highest BCUT2D eigenvalue weighted by Crippen LogP contribution is 2.33. The number of aliphatic hydroxyl groups excluding tert-OH is 1. The Bertz CT molecular complexity index is 536. The highest BCUT2D eigenvalue weighted by atomic mass is 32.2. The Hall–Kier alpha value is -1.27. The van der Waals surface area contributed by atoms with Gasteiger partial charge in [-0.3, -0.25) is 0 Å². The van der Waals surface area contributed by atoms with E-state index in [0.29, 0.717) is 5.75 Å². The van der Waals surface area contributed by atoms with Gasteiger partial charge in [0, 0.05) is 13.1 Å². The van der Waals surface area contributed by atoms with Gasteiger partial charge in [0.1, 0.15) is 5.75 Å². The second kappa shape index (κ2) is 5.79. The third kappa shape index (κ3) is 3.01. The molecule has 2 rings (SSSR count). The van der Waals surface area contributed by atoms with Crippen molar-refractivity contribution in [3.05, 3.63) is 18.2 Å². The van der Waals surface area contributed by atoms with Crippen LogP contribution in [0, 0.1) is 0 Å². The molecule has 0 spiro atoms. The van der Waals surface area contributed by atoms with Gasteiger partial charge in [-0.15, -0.1) is 0 Å². The fraction of sp³-hybridized carbons (Fsp3) is 0.538. The van der Waals surface area contributed by atoms with E-state index in [-0.39, 0.29) is 17.3 Å². The van der Waals surface area contributed by atoms with Gasteiger partial charge in [-0.05, 0) is 31.0 Å². The molecule has 0 unspecified atom stereocenters. The van der Waals surface area contributed by atoms with Crippen molar-refractivity contribution >= 4 is 15.5 Å². The van der Waals surface area contributed by atoms with E-state index in [1.54, 1.807) is 19.2 Å². The van der Waals surface area contributed by atoms with Crippen LogP contribution in [0.5, 0.6) is 5.75 Å². The maximum Gasteiger partial charge on any atom is 0.180 e. The van der Waals surface area contributed by atoms with E-state index in [1.807, 2.05) is 0 Å². The van der Waals surface area contributed by atoms with Gasteiger partial charge in [0.2, 0.25) is 0 Å². The van der Waals surface area contributed by atoms with Crippen molar-refractivity contribution in [3.63, 3.8) is 0 Å². The number of ether oxygens (including phenoxy) is 1. The number of hydrogen-bond donors (Lipinski definition) is 1. The number of rotatable bonds is 5. The molecule has 0 bridgehead atoms. The topological polar surface area (TPSA) is 66.8 Å². The van der Waals surface area contributed by atoms with E-state index in [1.165, 1.54) is 6.07 Å². The molecular formula is C13H19NO4S. The normalized spacial score (nSPS) is 15.8. The molecular weight excluding hydrogens is 266 g/mol. The van der Waals surface area contributed by atoms with E-state index in [9.17, 15) is 8.42 Å². The molecule has 5 nitrogen and oxygen atoms in total. The third-order valence-corrected chi connectivity index (χ3v) is 5.01. The van der Waals surface area contributed by atoms with E-state index < -0.39 is 9.84 Å². The van der Waals surface area contributed by atoms with Gasteiger partial charge in [-0.2, -0.15) is 0 Å². The predicted octanol–water partition coefficient (Wildman–Crippen LogP) is 1.06. The Morgan fingerprint density at radius 2 is 2.00 bits per heavy atom. The number of aliphatic hydroxyl groups is 1. The standard InChI is InChI=1S/C13H19NO4S/c1-18-13-5-4-11(19(16,17)9-8-15)10-12(13)14-6-2-3-7-14/h4-5,10,15H,2-3,6-9H2,1H3. The molecule has 1 aliphatic heterocycles. The minimum absolute atomic E-state index is 0.240. The molecule has 0 aliphatic carbocycles. The first-order valence-corrected chi connectivity index (χ1v) is 8.00. The van der Waals surface area contributed by atoms with Crippen LogP contribution in [0.4, 0.5) is 5.69 Å². The van der Waals surface area contributed by atoms with Gasteiger partial charge >= 0.3 is 0 Å². The average Bonchev–Trinajstić information content (AvgIpc) is 2.91. The number of benzene rings is 1. The molecule has 0 amide bonds. The summed E-state index contributed by atoms with van der Waals surface area (Å²) in [4.78, 5) is 2.38. The van der Waals surface area contributed by atoms with Gasteiger partial charge in [-0.1, -0.05) is 0 Å². The number of sulfone groups is 1. The zero-order chi connectivity index (χ0) is 13.9. The molecule has 1 heterocycles. The molecule has 19 heavy (non-hydrogen) atoms. The molecule has 1 fully saturated rings. The first-order chi connectivity index (χ1) is 9.08. The molecule has 1 aromatic carbocycles. The van der Waals surface area contributed by atoms with E-state index in [4.69, 9.17) is 9.84 Å². The van der Waals surface area contributed by atoms with Crippen molar-refractivity contribution in [2.45, 2.75) is 17.7 Å². The van der Waals surface area contributed by atoms with Crippen LogP contribution in [-0.2, 0) is 9.84 Å². The van der Waals surface area contributed by atoms with Crippen molar-refractivity contribution in [2.24, 2.45) is 0 Å². The van der Waals surface area contributed by atoms with Gasteiger partial charge in [0.25, 0.3) is 0 Å². The summed E-state index contributed by atoms with van der Waals surface area (Å²) in [6, 6.07) is 4.86. The van der Waals surface area contributed by atoms with Crippen LogP contribution in [0.15, 0.2) is 23.1 Å². The Balaban J connectivity index is 2.40. The fourth-order valence-electron chi connectivity index (χ4n) is 2.31. The van der Waals surface area contributed by atoms with Crippen molar-refractivity contribution in [2.75, 3.05) is 37.5 Å². The Morgan fingerprint density at radius 3 is 2.58 bits per heavy atom. The largest absolute Gasteiger partial charge is 0.495 e. The molecule has 106 valence electrons. The second-order valence-electron chi connectivity index (χ2n) is 4.57. The lowest BCUT2D eigenvalue weighted by molar-refractivity contribution is 0.319. The van der Waals surface area contributed by atoms with Crippen molar-refractivity contribution < 1.29 is 18.3 Å². The molecule has 0 radical (unpaired) electrons. The minimum Gasteiger partial charge on any atom is -0.495 e. The number of hydrogen-bond acceptors (Lipinski definition) is 5. The summed E-state index contributed by atoms with van der Waals surface area (Å²) in [5, 5.41) is 8.83. The minimum atomic E-state index is -3.42. The molecule has 1 aromatic rings. The van der Waals surface area contributed by atoms with Crippen molar-refractivity contribution in [3.8, 4) is 5.75 Å². The molecule has 0 saturated carbocycles. The zero-order valence-electron chi connectivity index (χ0n) is 11.0. The van der Waals surface area contributed by atoms with Gasteiger partial charge in [0.05, 0.1) is 30.1 Å². The molecule has 6 heteroatoms. The summed E-state index contributed by atoms with van der Waals surface area (Å²) >= 11 is 0. The lowest BCUT2D eigenvalue weighted by Crippen LogP contribution is -2.19. The van der Waals surface area contributed by atoms with Gasteiger partial charge in [0.15, 0.2) is 9.84 Å². The van der Waals surface area contributed by atoms with Gasteiger partial charge < -0.3 is 14.7 Å². The van der Waals surface area contributed by atoms with Crippen LogP contribution in [-0.4, -0.2) is 46.1 Å².